The second-order valence-electron chi connectivity index (χ2n) is 2.96. The molecule has 0 amide bonds. The van der Waals surface area contributed by atoms with Gasteiger partial charge in [0, 0.05) is 13.2 Å². The summed E-state index contributed by atoms with van der Waals surface area (Å²) in [5, 5.41) is 7.10. The molecule has 5 heteroatoms. The average molecular weight is 197 g/mol. The van der Waals surface area contributed by atoms with Crippen LogP contribution in [0.15, 0.2) is 6.20 Å². The number of ether oxygens (including phenoxy) is 1. The fourth-order valence-corrected chi connectivity index (χ4v) is 1.15. The highest BCUT2D eigenvalue weighted by Gasteiger charge is 2.05. The molecule has 0 radical (unpaired) electrons. The van der Waals surface area contributed by atoms with Crippen LogP contribution < -0.4 is 5.32 Å². The Morgan fingerprint density at radius 2 is 2.43 bits per heavy atom. The molecule has 0 aliphatic carbocycles. The lowest BCUT2D eigenvalue weighted by Gasteiger charge is -2.03. The van der Waals surface area contributed by atoms with Crippen LogP contribution in [-0.4, -0.2) is 28.9 Å². The van der Waals surface area contributed by atoms with Gasteiger partial charge in [0.2, 0.25) is 0 Å². The third-order valence-corrected chi connectivity index (χ3v) is 1.74. The Balaban J connectivity index is 2.45. The van der Waals surface area contributed by atoms with Crippen LogP contribution in [0.4, 0.5) is 5.69 Å². The second-order valence-corrected chi connectivity index (χ2v) is 2.96. The van der Waals surface area contributed by atoms with Crippen molar-refractivity contribution in [2.45, 2.75) is 13.8 Å². The first-order chi connectivity index (χ1) is 6.63. The number of rotatable bonds is 4. The predicted octanol–water partition coefficient (Wildman–Crippen LogP) is 0.704. The Morgan fingerprint density at radius 1 is 1.71 bits per heavy atom. The van der Waals surface area contributed by atoms with Gasteiger partial charge in [-0.25, -0.2) is 0 Å². The van der Waals surface area contributed by atoms with E-state index in [0.717, 1.165) is 11.4 Å². The number of nitrogens with one attached hydrogen (secondary N) is 1. The molecule has 0 saturated heterocycles. The van der Waals surface area contributed by atoms with E-state index in [-0.39, 0.29) is 12.5 Å². The molecular weight excluding hydrogens is 182 g/mol. The van der Waals surface area contributed by atoms with Gasteiger partial charge in [0.05, 0.1) is 18.0 Å². The summed E-state index contributed by atoms with van der Waals surface area (Å²) < 4.78 is 6.48. The maximum atomic E-state index is 11.0. The SMILES string of the molecule is CCOC(=O)CNc1cn(C)nc1C. The molecule has 1 aromatic heterocycles. The van der Waals surface area contributed by atoms with E-state index in [1.54, 1.807) is 11.6 Å². The van der Waals surface area contributed by atoms with Gasteiger partial charge in [0.15, 0.2) is 0 Å². The Labute approximate surface area is 83.1 Å². The smallest absolute Gasteiger partial charge is 0.325 e. The lowest BCUT2D eigenvalue weighted by Crippen LogP contribution is -2.16. The van der Waals surface area contributed by atoms with Crippen molar-refractivity contribution in [3.8, 4) is 0 Å². The summed E-state index contributed by atoms with van der Waals surface area (Å²) in [5.74, 6) is -0.254. The highest BCUT2D eigenvalue weighted by atomic mass is 16.5. The van der Waals surface area contributed by atoms with Gasteiger partial charge in [-0.2, -0.15) is 5.10 Å². The molecule has 0 saturated carbocycles. The van der Waals surface area contributed by atoms with E-state index >= 15 is 0 Å². The number of aromatic nitrogens is 2. The predicted molar refractivity (Wildman–Crippen MR) is 53.1 cm³/mol. The number of anilines is 1. The molecule has 14 heavy (non-hydrogen) atoms. The number of hydrogen-bond acceptors (Lipinski definition) is 4. The van der Waals surface area contributed by atoms with E-state index in [0.29, 0.717) is 6.61 Å². The summed E-state index contributed by atoms with van der Waals surface area (Å²) in [6.07, 6.45) is 1.83. The minimum atomic E-state index is -0.254. The van der Waals surface area contributed by atoms with Crippen LogP contribution >= 0.6 is 0 Å². The fraction of sp³-hybridized carbons (Fsp3) is 0.556. The molecule has 5 nitrogen and oxygen atoms in total. The van der Waals surface area contributed by atoms with Gasteiger partial charge in [0.25, 0.3) is 0 Å². The highest BCUT2D eigenvalue weighted by molar-refractivity contribution is 5.75. The Morgan fingerprint density at radius 3 is 2.93 bits per heavy atom. The van der Waals surface area contributed by atoms with Crippen LogP contribution in [0.1, 0.15) is 12.6 Å². The van der Waals surface area contributed by atoms with Crippen molar-refractivity contribution in [2.24, 2.45) is 7.05 Å². The molecule has 0 fully saturated rings. The molecule has 0 aliphatic rings. The molecule has 0 spiro atoms. The van der Waals surface area contributed by atoms with Crippen molar-refractivity contribution in [3.05, 3.63) is 11.9 Å². The zero-order chi connectivity index (χ0) is 10.6. The lowest BCUT2D eigenvalue weighted by atomic mass is 10.4. The van der Waals surface area contributed by atoms with Crippen molar-refractivity contribution >= 4 is 11.7 Å². The van der Waals surface area contributed by atoms with E-state index in [1.165, 1.54) is 0 Å². The summed E-state index contributed by atoms with van der Waals surface area (Å²) in [5.41, 5.74) is 1.73. The molecule has 0 atom stereocenters. The molecule has 1 heterocycles. The van der Waals surface area contributed by atoms with Gasteiger partial charge in [-0.1, -0.05) is 0 Å². The molecule has 0 unspecified atom stereocenters. The van der Waals surface area contributed by atoms with Crippen molar-refractivity contribution in [1.82, 2.24) is 9.78 Å². The lowest BCUT2D eigenvalue weighted by molar-refractivity contribution is -0.140. The van der Waals surface area contributed by atoms with Crippen molar-refractivity contribution in [2.75, 3.05) is 18.5 Å². The van der Waals surface area contributed by atoms with Gasteiger partial charge >= 0.3 is 5.97 Å². The molecule has 1 rings (SSSR count). The zero-order valence-electron chi connectivity index (χ0n) is 8.70. The minimum absolute atomic E-state index is 0.181. The Kier molecular flexibility index (Phi) is 3.50. The fourth-order valence-electron chi connectivity index (χ4n) is 1.15. The number of aryl methyl sites for hydroxylation is 2. The van der Waals surface area contributed by atoms with Crippen molar-refractivity contribution in [1.29, 1.82) is 0 Å². The summed E-state index contributed by atoms with van der Waals surface area (Å²) in [4.78, 5) is 11.0. The van der Waals surface area contributed by atoms with E-state index < -0.39 is 0 Å². The Hall–Kier alpha value is -1.52. The van der Waals surface area contributed by atoms with E-state index in [9.17, 15) is 4.79 Å². The third-order valence-electron chi connectivity index (χ3n) is 1.74. The van der Waals surface area contributed by atoms with Crippen LogP contribution in [0.2, 0.25) is 0 Å². The quantitative estimate of drug-likeness (QED) is 0.722. The first-order valence-electron chi connectivity index (χ1n) is 4.53. The van der Waals surface area contributed by atoms with E-state index in [2.05, 4.69) is 10.4 Å². The Bertz CT molecular complexity index is 320. The summed E-state index contributed by atoms with van der Waals surface area (Å²) in [6.45, 7) is 4.26. The molecule has 0 aromatic carbocycles. The molecular formula is C9H15N3O2. The molecule has 1 aromatic rings. The minimum Gasteiger partial charge on any atom is -0.465 e. The number of hydrogen-bond donors (Lipinski definition) is 1. The maximum Gasteiger partial charge on any atom is 0.325 e. The number of carbonyl (C=O) groups excluding carboxylic acids is 1. The van der Waals surface area contributed by atoms with Crippen LogP contribution in [0.5, 0.6) is 0 Å². The second kappa shape index (κ2) is 4.64. The van der Waals surface area contributed by atoms with Gasteiger partial charge in [-0.05, 0) is 13.8 Å². The van der Waals surface area contributed by atoms with Gasteiger partial charge in [-0.15, -0.1) is 0 Å². The average Bonchev–Trinajstić information content (AvgIpc) is 2.42. The van der Waals surface area contributed by atoms with E-state index in [4.69, 9.17) is 4.74 Å². The third kappa shape index (κ3) is 2.76. The molecule has 0 bridgehead atoms. The number of carbonyl (C=O) groups is 1. The van der Waals surface area contributed by atoms with E-state index in [1.807, 2.05) is 20.2 Å². The number of nitrogens with zero attached hydrogens (tertiary/aromatic N) is 2. The highest BCUT2D eigenvalue weighted by Crippen LogP contribution is 2.10. The molecule has 78 valence electrons. The summed E-state index contributed by atoms with van der Waals surface area (Å²) in [6, 6.07) is 0. The van der Waals surface area contributed by atoms with Gasteiger partial charge in [-0.3, -0.25) is 9.48 Å². The zero-order valence-corrected chi connectivity index (χ0v) is 8.70. The summed E-state index contributed by atoms with van der Waals surface area (Å²) >= 11 is 0. The molecule has 1 N–H and O–H groups in total. The normalized spacial score (nSPS) is 9.93. The van der Waals surface area contributed by atoms with Crippen LogP contribution in [0.3, 0.4) is 0 Å². The van der Waals surface area contributed by atoms with Crippen molar-refractivity contribution in [3.63, 3.8) is 0 Å². The topological polar surface area (TPSA) is 56.1 Å². The van der Waals surface area contributed by atoms with Gasteiger partial charge in [0.1, 0.15) is 6.54 Å². The van der Waals surface area contributed by atoms with Crippen LogP contribution in [-0.2, 0) is 16.6 Å². The number of esters is 1. The molecule has 0 aliphatic heterocycles. The van der Waals surface area contributed by atoms with Gasteiger partial charge < -0.3 is 10.1 Å². The maximum absolute atomic E-state index is 11.0. The van der Waals surface area contributed by atoms with Crippen LogP contribution in [0.25, 0.3) is 0 Å². The first-order valence-corrected chi connectivity index (χ1v) is 4.53. The standard InChI is InChI=1S/C9H15N3O2/c1-4-14-9(13)5-10-8-6-12(3)11-7(8)2/h6,10H,4-5H2,1-3H3. The summed E-state index contributed by atoms with van der Waals surface area (Å²) in [7, 11) is 1.84. The van der Waals surface area contributed by atoms with Crippen LogP contribution in [0, 0.1) is 6.92 Å². The first kappa shape index (κ1) is 10.6. The largest absolute Gasteiger partial charge is 0.465 e. The monoisotopic (exact) mass is 197 g/mol. The van der Waals surface area contributed by atoms with Crippen molar-refractivity contribution < 1.29 is 9.53 Å².